The van der Waals surface area contributed by atoms with Crippen LogP contribution in [0.5, 0.6) is 0 Å². The van der Waals surface area contributed by atoms with Gasteiger partial charge < -0.3 is 19.4 Å². The maximum atomic E-state index is 12.7. The van der Waals surface area contributed by atoms with Gasteiger partial charge in [-0.25, -0.2) is 4.98 Å². The lowest BCUT2D eigenvalue weighted by Gasteiger charge is -2.34. The van der Waals surface area contributed by atoms with Gasteiger partial charge in [-0.2, -0.15) is 0 Å². The third-order valence-corrected chi connectivity index (χ3v) is 7.89. The molecule has 7 nitrogen and oxygen atoms in total. The number of fused-ring (bicyclic) bond motifs is 1. The van der Waals surface area contributed by atoms with Crippen LogP contribution in [0.15, 0.2) is 41.1 Å². The summed E-state index contributed by atoms with van der Waals surface area (Å²) in [5.74, 6) is 2.20. The molecule has 0 amide bonds. The molecule has 3 aromatic heterocycles. The Kier molecular flexibility index (Phi) is 4.19. The molecule has 34 heavy (non-hydrogen) atoms. The van der Waals surface area contributed by atoms with Gasteiger partial charge in [-0.15, -0.1) is 0 Å². The molecule has 2 saturated carbocycles. The van der Waals surface area contributed by atoms with Gasteiger partial charge in [-0.1, -0.05) is 11.2 Å². The van der Waals surface area contributed by atoms with Crippen LogP contribution in [0.25, 0.3) is 22.2 Å². The van der Waals surface area contributed by atoms with Crippen LogP contribution in [0.4, 0.5) is 0 Å². The molecule has 1 unspecified atom stereocenters. The van der Waals surface area contributed by atoms with Crippen LogP contribution in [-0.4, -0.2) is 36.9 Å². The van der Waals surface area contributed by atoms with Crippen molar-refractivity contribution in [2.45, 2.75) is 75.6 Å². The molecule has 4 heterocycles. The fourth-order valence-electron chi connectivity index (χ4n) is 5.70. The summed E-state index contributed by atoms with van der Waals surface area (Å²) in [4.78, 5) is 13.2. The van der Waals surface area contributed by atoms with Gasteiger partial charge in [-0.3, -0.25) is 4.98 Å². The van der Waals surface area contributed by atoms with Gasteiger partial charge >= 0.3 is 0 Å². The predicted molar refractivity (Wildman–Crippen MR) is 126 cm³/mol. The molecule has 2 aliphatic carbocycles. The number of rotatable bonds is 5. The van der Waals surface area contributed by atoms with Crippen molar-refractivity contribution in [1.82, 2.24) is 20.1 Å². The number of aromatic nitrogens is 4. The highest BCUT2D eigenvalue weighted by atomic mass is 16.5. The second kappa shape index (κ2) is 6.99. The molecule has 7 heteroatoms. The van der Waals surface area contributed by atoms with E-state index in [9.17, 15) is 5.11 Å². The molecule has 3 aliphatic rings. The Morgan fingerprint density at radius 3 is 2.62 bits per heavy atom. The van der Waals surface area contributed by atoms with Gasteiger partial charge in [0.25, 0.3) is 0 Å². The molecule has 7 rings (SSSR count). The first kappa shape index (κ1) is 20.4. The van der Waals surface area contributed by atoms with Gasteiger partial charge in [-0.05, 0) is 82.2 Å². The summed E-state index contributed by atoms with van der Waals surface area (Å²) in [5, 5.41) is 16.8. The molecule has 1 aliphatic heterocycles. The molecule has 0 radical (unpaired) electrons. The minimum atomic E-state index is -1.43. The molecule has 2 N–H and O–H groups in total. The summed E-state index contributed by atoms with van der Waals surface area (Å²) in [5.41, 5.74) is 4.20. The first-order valence-electron chi connectivity index (χ1n) is 12.3. The number of aliphatic hydroxyl groups is 1. The molecule has 1 spiro atoms. The molecular weight excluding hydrogens is 428 g/mol. The Labute approximate surface area is 197 Å². The summed E-state index contributed by atoms with van der Waals surface area (Å²) in [6.45, 7) is 3.86. The highest BCUT2D eigenvalue weighted by Crippen LogP contribution is 2.54. The van der Waals surface area contributed by atoms with E-state index in [1.807, 2.05) is 38.1 Å². The molecule has 1 saturated heterocycles. The number of nitrogens with one attached hydrogen (secondary N) is 1. The van der Waals surface area contributed by atoms with Crippen molar-refractivity contribution < 1.29 is 14.4 Å². The molecule has 1 aromatic carbocycles. The van der Waals surface area contributed by atoms with Gasteiger partial charge in [0.1, 0.15) is 11.6 Å². The van der Waals surface area contributed by atoms with Crippen molar-refractivity contribution >= 4 is 11.0 Å². The van der Waals surface area contributed by atoms with Crippen LogP contribution in [0.2, 0.25) is 0 Å². The van der Waals surface area contributed by atoms with E-state index >= 15 is 0 Å². The van der Waals surface area contributed by atoms with E-state index in [1.54, 1.807) is 6.20 Å². The average Bonchev–Trinajstić information content (AvgIpc) is 3.71. The van der Waals surface area contributed by atoms with Gasteiger partial charge in [0.2, 0.25) is 0 Å². The Bertz CT molecular complexity index is 1380. The number of hydrogen-bond donors (Lipinski definition) is 2. The van der Waals surface area contributed by atoms with Crippen molar-refractivity contribution in [3.8, 4) is 11.1 Å². The van der Waals surface area contributed by atoms with Crippen molar-refractivity contribution in [3.63, 3.8) is 0 Å². The molecule has 4 aromatic rings. The fraction of sp³-hybridized carbons (Fsp3) is 0.444. The van der Waals surface area contributed by atoms with Crippen LogP contribution < -0.4 is 0 Å². The zero-order valence-corrected chi connectivity index (χ0v) is 19.5. The van der Waals surface area contributed by atoms with E-state index in [2.05, 4.69) is 21.2 Å². The predicted octanol–water partition coefficient (Wildman–Crippen LogP) is 5.05. The van der Waals surface area contributed by atoms with Crippen LogP contribution in [-0.2, 0) is 10.3 Å². The number of aromatic amines is 1. The van der Waals surface area contributed by atoms with Crippen LogP contribution in [0.3, 0.4) is 0 Å². The first-order valence-corrected chi connectivity index (χ1v) is 12.3. The van der Waals surface area contributed by atoms with Crippen molar-refractivity contribution in [1.29, 1.82) is 0 Å². The Balaban J connectivity index is 1.50. The maximum Gasteiger partial charge on any atom is 0.160 e. The molecule has 2 atom stereocenters. The quantitative estimate of drug-likeness (QED) is 0.436. The van der Waals surface area contributed by atoms with Crippen molar-refractivity contribution in [3.05, 3.63) is 65.1 Å². The van der Waals surface area contributed by atoms with E-state index in [4.69, 9.17) is 14.2 Å². The number of ether oxygens (including phenoxy) is 1. The molecule has 3 fully saturated rings. The summed E-state index contributed by atoms with van der Waals surface area (Å²) >= 11 is 0. The summed E-state index contributed by atoms with van der Waals surface area (Å²) in [6, 6.07) is 9.83. The Morgan fingerprint density at radius 2 is 1.97 bits per heavy atom. The lowest BCUT2D eigenvalue weighted by Crippen LogP contribution is -2.42. The summed E-state index contributed by atoms with van der Waals surface area (Å²) < 4.78 is 12.1. The van der Waals surface area contributed by atoms with Crippen LogP contribution >= 0.6 is 0 Å². The SMILES string of the molecule is Cc1noc(C)c1-c1cc([C@](O)(c2ccccn2)C2CCC3(CC3)O2)c2nc(C3CC3)[nH]c2c1. The number of H-pyrrole nitrogens is 1. The highest BCUT2D eigenvalue weighted by Gasteiger charge is 2.57. The zero-order valence-electron chi connectivity index (χ0n) is 19.5. The fourth-order valence-corrected chi connectivity index (χ4v) is 5.70. The van der Waals surface area contributed by atoms with Crippen molar-refractivity contribution in [2.24, 2.45) is 0 Å². The lowest BCUT2D eigenvalue weighted by atomic mass is 9.81. The van der Waals surface area contributed by atoms with Crippen LogP contribution in [0, 0.1) is 13.8 Å². The molecular formula is C27H28N4O3. The second-order valence-electron chi connectivity index (χ2n) is 10.3. The monoisotopic (exact) mass is 456 g/mol. The average molecular weight is 457 g/mol. The summed E-state index contributed by atoms with van der Waals surface area (Å²) in [7, 11) is 0. The van der Waals surface area contributed by atoms with Gasteiger partial charge in [0.05, 0.1) is 34.1 Å². The van der Waals surface area contributed by atoms with E-state index < -0.39 is 11.7 Å². The largest absolute Gasteiger partial charge is 0.376 e. The number of nitrogens with zero attached hydrogens (tertiary/aromatic N) is 3. The van der Waals surface area contributed by atoms with Gasteiger partial charge in [0, 0.05) is 23.2 Å². The molecule has 0 bridgehead atoms. The minimum absolute atomic E-state index is 0.0729. The zero-order chi connectivity index (χ0) is 23.1. The third-order valence-electron chi connectivity index (χ3n) is 7.89. The third kappa shape index (κ3) is 3.00. The maximum absolute atomic E-state index is 12.7. The Hall–Kier alpha value is -3.03. The van der Waals surface area contributed by atoms with E-state index in [0.717, 1.165) is 83.5 Å². The minimum Gasteiger partial charge on any atom is -0.376 e. The highest BCUT2D eigenvalue weighted by molar-refractivity contribution is 5.87. The van der Waals surface area contributed by atoms with Crippen molar-refractivity contribution in [2.75, 3.05) is 0 Å². The molecule has 174 valence electrons. The van der Waals surface area contributed by atoms with Gasteiger partial charge in [0.15, 0.2) is 5.60 Å². The lowest BCUT2D eigenvalue weighted by molar-refractivity contribution is -0.0934. The van der Waals surface area contributed by atoms with E-state index in [-0.39, 0.29) is 5.60 Å². The number of hydrogen-bond acceptors (Lipinski definition) is 6. The normalized spacial score (nSPS) is 23.0. The summed E-state index contributed by atoms with van der Waals surface area (Å²) in [6.07, 6.45) is 7.49. The number of imidazole rings is 1. The standard InChI is InChI=1S/C27H28N4O3/c1-15-23(16(2)34-31-15)18-13-19(24-20(14-18)29-25(30-24)17-6-7-17)27(32,21-5-3-4-12-28-21)22-8-9-26(33-22)10-11-26/h3-5,12-14,17,22,32H,6-11H2,1-2H3,(H,29,30)/t22?,27-/m0/s1. The number of aryl methyl sites for hydroxylation is 2. The smallest absolute Gasteiger partial charge is 0.160 e. The second-order valence-corrected chi connectivity index (χ2v) is 10.3. The van der Waals surface area contributed by atoms with Crippen LogP contribution in [0.1, 0.15) is 73.0 Å². The Morgan fingerprint density at radius 1 is 1.12 bits per heavy atom. The first-order chi connectivity index (χ1) is 16.5. The van der Waals surface area contributed by atoms with E-state index in [1.165, 1.54) is 0 Å². The number of pyridine rings is 1. The number of benzene rings is 1. The topological polar surface area (TPSA) is 97.1 Å². The van der Waals surface area contributed by atoms with E-state index in [0.29, 0.717) is 11.6 Å².